The van der Waals surface area contributed by atoms with Crippen LogP contribution in [0.15, 0.2) is 22.7 Å². The van der Waals surface area contributed by atoms with Gasteiger partial charge in [-0.3, -0.25) is 4.79 Å². The fraction of sp³-hybridized carbons (Fsp3) is 0.462. The van der Waals surface area contributed by atoms with E-state index in [9.17, 15) is 14.3 Å². The summed E-state index contributed by atoms with van der Waals surface area (Å²) in [6, 6.07) is 4.67. The molecule has 1 aromatic rings. The van der Waals surface area contributed by atoms with E-state index in [2.05, 4.69) is 15.9 Å². The summed E-state index contributed by atoms with van der Waals surface area (Å²) in [5.74, 6) is -0.646. The highest BCUT2D eigenvalue weighted by atomic mass is 79.9. The third kappa shape index (κ3) is 2.42. The zero-order valence-electron chi connectivity index (χ0n) is 9.95. The molecule has 3 nitrogen and oxygen atoms in total. The van der Waals surface area contributed by atoms with Crippen LogP contribution in [0.4, 0.5) is 4.39 Å². The molecule has 1 aliphatic carbocycles. The van der Waals surface area contributed by atoms with Gasteiger partial charge >= 0.3 is 5.97 Å². The molecule has 0 heterocycles. The van der Waals surface area contributed by atoms with E-state index in [0.29, 0.717) is 23.7 Å². The van der Waals surface area contributed by atoms with Crippen molar-refractivity contribution < 1.29 is 19.0 Å². The number of carbonyl (C=O) groups is 1. The van der Waals surface area contributed by atoms with Crippen LogP contribution in [-0.2, 0) is 16.0 Å². The Balaban J connectivity index is 2.19. The Morgan fingerprint density at radius 1 is 1.61 bits per heavy atom. The topological polar surface area (TPSA) is 46.5 Å². The predicted octanol–water partition coefficient (Wildman–Crippen LogP) is 2.44. The molecule has 0 aliphatic heterocycles. The van der Waals surface area contributed by atoms with Crippen molar-refractivity contribution in [3.8, 4) is 0 Å². The van der Waals surface area contributed by atoms with Crippen LogP contribution in [0.2, 0.25) is 0 Å². The third-order valence-electron chi connectivity index (χ3n) is 3.40. The van der Waals surface area contributed by atoms with Crippen LogP contribution in [-0.4, -0.2) is 24.3 Å². The minimum atomic E-state index is -0.661. The Morgan fingerprint density at radius 2 is 2.28 bits per heavy atom. The Labute approximate surface area is 113 Å². The van der Waals surface area contributed by atoms with Gasteiger partial charge in [-0.15, -0.1) is 0 Å². The molecule has 0 aromatic heterocycles. The van der Waals surface area contributed by atoms with E-state index in [1.54, 1.807) is 12.1 Å². The first kappa shape index (κ1) is 13.5. The van der Waals surface area contributed by atoms with E-state index >= 15 is 0 Å². The normalized spacial score (nSPS) is 26.6. The Bertz CT molecular complexity index is 469. The maximum absolute atomic E-state index is 13.1. The summed E-state index contributed by atoms with van der Waals surface area (Å²) >= 11 is 3.12. The Morgan fingerprint density at radius 3 is 2.78 bits per heavy atom. The first-order chi connectivity index (χ1) is 8.47. The van der Waals surface area contributed by atoms with E-state index in [1.165, 1.54) is 13.2 Å². The minimum Gasteiger partial charge on any atom is -0.469 e. The van der Waals surface area contributed by atoms with Gasteiger partial charge in [0.1, 0.15) is 5.82 Å². The molecule has 0 saturated heterocycles. The largest absolute Gasteiger partial charge is 0.469 e. The number of hydrogen-bond acceptors (Lipinski definition) is 3. The summed E-state index contributed by atoms with van der Waals surface area (Å²) in [6.07, 6.45) is 0.798. The van der Waals surface area contributed by atoms with Crippen molar-refractivity contribution in [2.24, 2.45) is 5.41 Å². The van der Waals surface area contributed by atoms with Crippen molar-refractivity contribution in [1.29, 1.82) is 0 Å². The lowest BCUT2D eigenvalue weighted by atomic mass is 9.63. The fourth-order valence-corrected chi connectivity index (χ4v) is 2.91. The lowest BCUT2D eigenvalue weighted by Gasteiger charge is -2.42. The molecule has 0 radical (unpaired) electrons. The van der Waals surface area contributed by atoms with Crippen LogP contribution < -0.4 is 0 Å². The van der Waals surface area contributed by atoms with E-state index in [4.69, 9.17) is 4.74 Å². The molecule has 2 rings (SSSR count). The second-order valence-corrected chi connectivity index (χ2v) is 5.61. The number of halogens is 2. The van der Waals surface area contributed by atoms with Gasteiger partial charge in [0.2, 0.25) is 0 Å². The van der Waals surface area contributed by atoms with Crippen molar-refractivity contribution in [3.05, 3.63) is 34.1 Å². The van der Waals surface area contributed by atoms with E-state index in [0.717, 1.165) is 5.56 Å². The number of hydrogen-bond donors (Lipinski definition) is 1. The molecule has 1 saturated carbocycles. The highest BCUT2D eigenvalue weighted by Crippen LogP contribution is 2.45. The number of aliphatic hydroxyl groups is 1. The molecule has 1 aliphatic rings. The number of carbonyl (C=O) groups excluding carboxylic acids is 1. The van der Waals surface area contributed by atoms with E-state index in [1.807, 2.05) is 0 Å². The predicted molar refractivity (Wildman–Crippen MR) is 67.5 cm³/mol. The fourth-order valence-electron chi connectivity index (χ4n) is 2.48. The van der Waals surface area contributed by atoms with Gasteiger partial charge in [0.05, 0.1) is 23.1 Å². The maximum atomic E-state index is 13.1. The maximum Gasteiger partial charge on any atom is 0.312 e. The molecule has 18 heavy (non-hydrogen) atoms. The van der Waals surface area contributed by atoms with Crippen LogP contribution in [0.25, 0.3) is 0 Å². The summed E-state index contributed by atoms with van der Waals surface area (Å²) in [6.45, 7) is 0. The molecule has 0 bridgehead atoms. The molecular formula is C13H14BrFO3. The summed E-state index contributed by atoms with van der Waals surface area (Å²) in [7, 11) is 1.34. The number of methoxy groups -OCH3 is 1. The molecule has 5 heteroatoms. The lowest BCUT2D eigenvalue weighted by molar-refractivity contribution is -0.166. The van der Waals surface area contributed by atoms with Crippen LogP contribution in [0, 0.1) is 11.2 Å². The Kier molecular flexibility index (Phi) is 3.73. The average Bonchev–Trinajstić information content (AvgIpc) is 2.30. The van der Waals surface area contributed by atoms with Gasteiger partial charge in [-0.25, -0.2) is 4.39 Å². The molecule has 1 N–H and O–H groups in total. The average molecular weight is 317 g/mol. The summed E-state index contributed by atoms with van der Waals surface area (Å²) in [5, 5.41) is 9.43. The molecule has 1 fully saturated rings. The monoisotopic (exact) mass is 316 g/mol. The quantitative estimate of drug-likeness (QED) is 0.871. The summed E-state index contributed by atoms with van der Waals surface area (Å²) < 4.78 is 18.3. The van der Waals surface area contributed by atoms with Crippen molar-refractivity contribution in [1.82, 2.24) is 0 Å². The number of ether oxygens (including phenoxy) is 1. The third-order valence-corrected chi connectivity index (χ3v) is 4.01. The molecule has 0 unspecified atom stereocenters. The van der Waals surface area contributed by atoms with E-state index in [-0.39, 0.29) is 11.8 Å². The van der Waals surface area contributed by atoms with Gasteiger partial charge in [-0.05, 0) is 52.9 Å². The first-order valence-electron chi connectivity index (χ1n) is 5.67. The zero-order chi connectivity index (χ0) is 13.3. The van der Waals surface area contributed by atoms with Gasteiger partial charge in [-0.2, -0.15) is 0 Å². The number of benzene rings is 1. The van der Waals surface area contributed by atoms with E-state index < -0.39 is 11.5 Å². The van der Waals surface area contributed by atoms with Gasteiger partial charge in [0, 0.05) is 0 Å². The number of rotatable bonds is 3. The van der Waals surface area contributed by atoms with Gasteiger partial charge in [-0.1, -0.05) is 6.07 Å². The minimum absolute atomic E-state index is 0.312. The highest BCUT2D eigenvalue weighted by molar-refractivity contribution is 9.10. The molecular weight excluding hydrogens is 303 g/mol. The van der Waals surface area contributed by atoms with Gasteiger partial charge < -0.3 is 9.84 Å². The zero-order valence-corrected chi connectivity index (χ0v) is 11.5. The molecule has 98 valence electrons. The highest BCUT2D eigenvalue weighted by Gasteiger charge is 2.50. The van der Waals surface area contributed by atoms with Crippen LogP contribution in [0.1, 0.15) is 18.4 Å². The lowest BCUT2D eigenvalue weighted by Crippen LogP contribution is -2.49. The second-order valence-electron chi connectivity index (χ2n) is 4.76. The summed E-state index contributed by atoms with van der Waals surface area (Å²) in [5.41, 5.74) is 0.186. The van der Waals surface area contributed by atoms with Crippen molar-refractivity contribution in [2.45, 2.75) is 25.4 Å². The summed E-state index contributed by atoms with van der Waals surface area (Å²) in [4.78, 5) is 11.8. The molecule has 0 amide bonds. The van der Waals surface area contributed by atoms with Crippen molar-refractivity contribution in [3.63, 3.8) is 0 Å². The van der Waals surface area contributed by atoms with Crippen LogP contribution in [0.3, 0.4) is 0 Å². The van der Waals surface area contributed by atoms with Crippen LogP contribution >= 0.6 is 15.9 Å². The van der Waals surface area contributed by atoms with Gasteiger partial charge in [0.15, 0.2) is 0 Å². The van der Waals surface area contributed by atoms with Crippen LogP contribution in [0.5, 0.6) is 0 Å². The first-order valence-corrected chi connectivity index (χ1v) is 6.46. The Hall–Kier alpha value is -0.940. The van der Waals surface area contributed by atoms with Crippen molar-refractivity contribution >= 4 is 21.9 Å². The van der Waals surface area contributed by atoms with Crippen molar-refractivity contribution in [2.75, 3.05) is 7.11 Å². The molecule has 1 aromatic carbocycles. The SMILES string of the molecule is COC(=O)C1(Cc2ccc(F)c(Br)c2)CC(O)C1. The number of esters is 1. The number of aliphatic hydroxyl groups excluding tert-OH is 1. The van der Waals surface area contributed by atoms with Gasteiger partial charge in [0.25, 0.3) is 0 Å². The molecule has 0 spiro atoms. The second kappa shape index (κ2) is 4.97. The molecule has 0 atom stereocenters. The standard InChI is InChI=1S/C13H14BrFO3/c1-18-12(17)13(6-9(16)7-13)5-8-2-3-11(15)10(14)4-8/h2-4,9,16H,5-7H2,1H3. The smallest absolute Gasteiger partial charge is 0.312 e.